The normalized spacial score (nSPS) is 13.0. The number of carbonyl (C=O) groups is 1. The van der Waals surface area contributed by atoms with Crippen molar-refractivity contribution in [2.75, 3.05) is 20.1 Å². The highest BCUT2D eigenvalue weighted by atomic mass is 32.1. The summed E-state index contributed by atoms with van der Waals surface area (Å²) >= 11 is 1.78. The maximum absolute atomic E-state index is 11.7. The summed E-state index contributed by atoms with van der Waals surface area (Å²) in [5, 5.41) is 2.10. The summed E-state index contributed by atoms with van der Waals surface area (Å²) in [5.41, 5.74) is 0. The smallest absolute Gasteiger partial charge is 0.149 e. The van der Waals surface area contributed by atoms with Gasteiger partial charge in [-0.2, -0.15) is 0 Å². The van der Waals surface area contributed by atoms with E-state index in [9.17, 15) is 4.79 Å². The number of hydrogen-bond acceptors (Lipinski definition) is 3. The number of Topliss-reactive ketones (excluding diaryl/α,β-unsaturated/α-hetero) is 1. The minimum absolute atomic E-state index is 0.198. The fourth-order valence-electron chi connectivity index (χ4n) is 1.48. The number of rotatable bonds is 7. The Bertz CT molecular complexity index is 308. The molecule has 0 saturated heterocycles. The largest absolute Gasteiger partial charge is 0.299 e. The second-order valence-electron chi connectivity index (χ2n) is 4.34. The molecule has 0 N–H and O–H groups in total. The molecular weight excluding hydrogens is 218 g/mol. The SMILES string of the molecule is CCC(C)C(=O)CN(C)CCc1cccs1. The fourth-order valence-corrected chi connectivity index (χ4v) is 2.18. The van der Waals surface area contributed by atoms with Crippen molar-refractivity contribution in [3.05, 3.63) is 22.4 Å². The van der Waals surface area contributed by atoms with Crippen LogP contribution in [0.4, 0.5) is 0 Å². The molecular formula is C13H21NOS. The van der Waals surface area contributed by atoms with E-state index in [4.69, 9.17) is 0 Å². The summed E-state index contributed by atoms with van der Waals surface area (Å²) in [5.74, 6) is 0.556. The van der Waals surface area contributed by atoms with Gasteiger partial charge in [0.15, 0.2) is 0 Å². The minimum Gasteiger partial charge on any atom is -0.299 e. The van der Waals surface area contributed by atoms with Crippen LogP contribution in [0.5, 0.6) is 0 Å². The molecule has 0 aliphatic heterocycles. The van der Waals surface area contributed by atoms with Crippen molar-refractivity contribution in [1.82, 2.24) is 4.90 Å². The Morgan fingerprint density at radius 3 is 2.88 bits per heavy atom. The van der Waals surface area contributed by atoms with Crippen molar-refractivity contribution in [1.29, 1.82) is 0 Å². The lowest BCUT2D eigenvalue weighted by molar-refractivity contribution is -0.123. The third kappa shape index (κ3) is 4.45. The second-order valence-corrected chi connectivity index (χ2v) is 5.38. The standard InChI is InChI=1S/C13H21NOS/c1-4-11(2)13(15)10-14(3)8-7-12-6-5-9-16-12/h5-6,9,11H,4,7-8,10H2,1-3H3. The zero-order valence-corrected chi connectivity index (χ0v) is 11.2. The Morgan fingerprint density at radius 2 is 2.31 bits per heavy atom. The van der Waals surface area contributed by atoms with Crippen molar-refractivity contribution in [3.8, 4) is 0 Å². The highest BCUT2D eigenvalue weighted by Crippen LogP contribution is 2.10. The molecule has 16 heavy (non-hydrogen) atoms. The molecule has 90 valence electrons. The summed E-state index contributed by atoms with van der Waals surface area (Å²) in [6.07, 6.45) is 1.99. The molecule has 3 heteroatoms. The highest BCUT2D eigenvalue weighted by Gasteiger charge is 2.12. The topological polar surface area (TPSA) is 20.3 Å². The van der Waals surface area contributed by atoms with Crippen molar-refractivity contribution < 1.29 is 4.79 Å². The Balaban J connectivity index is 2.25. The molecule has 0 spiro atoms. The molecule has 1 atom stereocenters. The number of hydrogen-bond donors (Lipinski definition) is 0. The number of thiophene rings is 1. The molecule has 0 aromatic carbocycles. The minimum atomic E-state index is 0.198. The van der Waals surface area contributed by atoms with Crippen LogP contribution in [-0.4, -0.2) is 30.8 Å². The molecule has 1 heterocycles. The summed E-state index contributed by atoms with van der Waals surface area (Å²) in [6.45, 7) is 5.62. The summed E-state index contributed by atoms with van der Waals surface area (Å²) < 4.78 is 0. The van der Waals surface area contributed by atoms with Crippen LogP contribution in [-0.2, 0) is 11.2 Å². The van der Waals surface area contributed by atoms with Gasteiger partial charge in [0.25, 0.3) is 0 Å². The molecule has 0 radical (unpaired) electrons. The first-order valence-electron chi connectivity index (χ1n) is 5.87. The van der Waals surface area contributed by atoms with Gasteiger partial charge in [-0.3, -0.25) is 9.69 Å². The zero-order valence-electron chi connectivity index (χ0n) is 10.4. The van der Waals surface area contributed by atoms with Gasteiger partial charge in [0.1, 0.15) is 5.78 Å². The molecule has 0 saturated carbocycles. The van der Waals surface area contributed by atoms with Crippen LogP contribution in [0.1, 0.15) is 25.1 Å². The van der Waals surface area contributed by atoms with Gasteiger partial charge in [0.05, 0.1) is 6.54 Å². The molecule has 1 aromatic rings. The van der Waals surface area contributed by atoms with Gasteiger partial charge >= 0.3 is 0 Å². The van der Waals surface area contributed by atoms with Gasteiger partial charge < -0.3 is 0 Å². The summed E-state index contributed by atoms with van der Waals surface area (Å²) in [4.78, 5) is 15.2. The van der Waals surface area contributed by atoms with Crippen molar-refractivity contribution in [2.24, 2.45) is 5.92 Å². The third-order valence-corrected chi connectivity index (χ3v) is 3.84. The van der Waals surface area contributed by atoms with Gasteiger partial charge in [-0.05, 0) is 31.3 Å². The van der Waals surface area contributed by atoms with E-state index in [0.29, 0.717) is 12.3 Å². The molecule has 0 aliphatic carbocycles. The Hall–Kier alpha value is -0.670. The molecule has 1 aromatic heterocycles. The number of likely N-dealkylation sites (N-methyl/N-ethyl adjacent to an activating group) is 1. The Kier molecular flexibility index (Phi) is 5.71. The predicted molar refractivity (Wildman–Crippen MR) is 70.0 cm³/mol. The molecule has 0 fully saturated rings. The molecule has 1 rings (SSSR count). The quantitative estimate of drug-likeness (QED) is 0.729. The van der Waals surface area contributed by atoms with E-state index in [-0.39, 0.29) is 5.92 Å². The van der Waals surface area contributed by atoms with Gasteiger partial charge in [0.2, 0.25) is 0 Å². The van der Waals surface area contributed by atoms with Gasteiger partial charge in [-0.25, -0.2) is 0 Å². The zero-order chi connectivity index (χ0) is 12.0. The number of nitrogens with zero attached hydrogens (tertiary/aromatic N) is 1. The van der Waals surface area contributed by atoms with Gasteiger partial charge in [0, 0.05) is 17.3 Å². The van der Waals surface area contributed by atoms with Crippen LogP contribution in [0.15, 0.2) is 17.5 Å². The lowest BCUT2D eigenvalue weighted by Crippen LogP contribution is -2.30. The summed E-state index contributed by atoms with van der Waals surface area (Å²) in [6, 6.07) is 4.22. The molecule has 0 bridgehead atoms. The van der Waals surface area contributed by atoms with Gasteiger partial charge in [-0.1, -0.05) is 19.9 Å². The Morgan fingerprint density at radius 1 is 1.56 bits per heavy atom. The lowest BCUT2D eigenvalue weighted by Gasteiger charge is -2.17. The predicted octanol–water partition coefficient (Wildman–Crippen LogP) is 2.84. The van der Waals surface area contributed by atoms with Crippen LogP contribution in [0.25, 0.3) is 0 Å². The first kappa shape index (κ1) is 13.4. The van der Waals surface area contributed by atoms with Crippen LogP contribution in [0.2, 0.25) is 0 Å². The van der Waals surface area contributed by atoms with Crippen LogP contribution < -0.4 is 0 Å². The first-order chi connectivity index (χ1) is 7.63. The van der Waals surface area contributed by atoms with Crippen molar-refractivity contribution >= 4 is 17.1 Å². The van der Waals surface area contributed by atoms with E-state index < -0.39 is 0 Å². The Labute approximate surface area is 102 Å². The number of ketones is 1. The van der Waals surface area contributed by atoms with E-state index in [1.165, 1.54) is 4.88 Å². The monoisotopic (exact) mass is 239 g/mol. The highest BCUT2D eigenvalue weighted by molar-refractivity contribution is 7.09. The first-order valence-corrected chi connectivity index (χ1v) is 6.75. The number of carbonyl (C=O) groups excluding carboxylic acids is 1. The second kappa shape index (κ2) is 6.81. The molecule has 0 aliphatic rings. The van der Waals surface area contributed by atoms with Crippen LogP contribution >= 0.6 is 11.3 Å². The van der Waals surface area contributed by atoms with Gasteiger partial charge in [-0.15, -0.1) is 11.3 Å². The van der Waals surface area contributed by atoms with E-state index in [2.05, 4.69) is 29.3 Å². The van der Waals surface area contributed by atoms with E-state index in [0.717, 1.165) is 19.4 Å². The average molecular weight is 239 g/mol. The molecule has 2 nitrogen and oxygen atoms in total. The van der Waals surface area contributed by atoms with E-state index in [1.54, 1.807) is 11.3 Å². The van der Waals surface area contributed by atoms with Crippen LogP contribution in [0, 0.1) is 5.92 Å². The fraction of sp³-hybridized carbons (Fsp3) is 0.615. The summed E-state index contributed by atoms with van der Waals surface area (Å²) in [7, 11) is 2.02. The maximum atomic E-state index is 11.7. The average Bonchev–Trinajstić information content (AvgIpc) is 2.78. The lowest BCUT2D eigenvalue weighted by atomic mass is 10.0. The van der Waals surface area contributed by atoms with Crippen molar-refractivity contribution in [2.45, 2.75) is 26.7 Å². The maximum Gasteiger partial charge on any atom is 0.149 e. The van der Waals surface area contributed by atoms with E-state index in [1.807, 2.05) is 14.0 Å². The van der Waals surface area contributed by atoms with Crippen molar-refractivity contribution in [3.63, 3.8) is 0 Å². The molecule has 0 amide bonds. The van der Waals surface area contributed by atoms with Crippen LogP contribution in [0.3, 0.4) is 0 Å². The third-order valence-electron chi connectivity index (χ3n) is 2.91. The molecule has 1 unspecified atom stereocenters. The van der Waals surface area contributed by atoms with E-state index >= 15 is 0 Å².